The van der Waals surface area contributed by atoms with Crippen LogP contribution in [0.3, 0.4) is 0 Å². The molecular formula is C18H28N2O3. The first kappa shape index (κ1) is 19.0. The summed E-state index contributed by atoms with van der Waals surface area (Å²) >= 11 is 0. The third-order valence-electron chi connectivity index (χ3n) is 3.12. The minimum absolute atomic E-state index is 0.0596. The molecule has 0 bridgehead atoms. The van der Waals surface area contributed by atoms with E-state index in [4.69, 9.17) is 4.74 Å². The van der Waals surface area contributed by atoms with Crippen molar-refractivity contribution in [1.29, 1.82) is 0 Å². The number of rotatable bonds is 3. The first-order valence-corrected chi connectivity index (χ1v) is 7.73. The van der Waals surface area contributed by atoms with Gasteiger partial charge in [0.15, 0.2) is 0 Å². The summed E-state index contributed by atoms with van der Waals surface area (Å²) in [6.07, 6.45) is -0.518. The SMILES string of the molecule is CN(CC(=O)Nc1ccc(C(C)(C)C)cc1)C(=O)OC(C)(C)C. The van der Waals surface area contributed by atoms with E-state index >= 15 is 0 Å². The van der Waals surface area contributed by atoms with Gasteiger partial charge in [0.25, 0.3) is 0 Å². The maximum atomic E-state index is 12.0. The van der Waals surface area contributed by atoms with Crippen molar-refractivity contribution in [3.05, 3.63) is 29.8 Å². The molecule has 0 fully saturated rings. The Bertz CT molecular complexity index is 551. The third kappa shape index (κ3) is 6.72. The van der Waals surface area contributed by atoms with Gasteiger partial charge in [-0.05, 0) is 43.9 Å². The number of benzene rings is 1. The van der Waals surface area contributed by atoms with Crippen LogP contribution < -0.4 is 5.32 Å². The number of ether oxygens (including phenoxy) is 1. The molecule has 0 radical (unpaired) electrons. The van der Waals surface area contributed by atoms with Crippen LogP contribution in [0.4, 0.5) is 10.5 Å². The molecule has 0 heterocycles. The van der Waals surface area contributed by atoms with Crippen LogP contribution in [0, 0.1) is 0 Å². The van der Waals surface area contributed by atoms with E-state index in [0.717, 1.165) is 0 Å². The van der Waals surface area contributed by atoms with Gasteiger partial charge in [-0.3, -0.25) is 4.79 Å². The number of nitrogens with zero attached hydrogens (tertiary/aromatic N) is 1. The summed E-state index contributed by atoms with van der Waals surface area (Å²) in [6, 6.07) is 7.72. The Hall–Kier alpha value is -2.04. The molecule has 5 nitrogen and oxygen atoms in total. The number of carbonyl (C=O) groups is 2. The Labute approximate surface area is 139 Å². The fraction of sp³-hybridized carbons (Fsp3) is 0.556. The molecule has 1 N–H and O–H groups in total. The second-order valence-electron chi connectivity index (χ2n) is 7.71. The van der Waals surface area contributed by atoms with Gasteiger partial charge in [-0.1, -0.05) is 32.9 Å². The Balaban J connectivity index is 2.58. The van der Waals surface area contributed by atoms with Gasteiger partial charge < -0.3 is 15.0 Å². The molecule has 0 unspecified atom stereocenters. The zero-order valence-corrected chi connectivity index (χ0v) is 15.2. The number of likely N-dealkylation sites (N-methyl/N-ethyl adjacent to an activating group) is 1. The molecule has 1 aromatic rings. The van der Waals surface area contributed by atoms with Crippen LogP contribution in [-0.2, 0) is 14.9 Å². The average Bonchev–Trinajstić information content (AvgIpc) is 2.35. The first-order valence-electron chi connectivity index (χ1n) is 7.73. The van der Waals surface area contributed by atoms with Crippen LogP contribution in [0.5, 0.6) is 0 Å². The van der Waals surface area contributed by atoms with E-state index < -0.39 is 11.7 Å². The van der Waals surface area contributed by atoms with Gasteiger partial charge in [0.05, 0.1) is 0 Å². The van der Waals surface area contributed by atoms with Crippen LogP contribution >= 0.6 is 0 Å². The molecule has 5 heteroatoms. The fourth-order valence-corrected chi connectivity index (χ4v) is 1.87. The molecule has 0 aliphatic heterocycles. The number of hydrogen-bond acceptors (Lipinski definition) is 3. The Morgan fingerprint density at radius 3 is 2.00 bits per heavy atom. The second kappa shape index (κ2) is 7.02. The van der Waals surface area contributed by atoms with Crippen LogP contribution in [0.15, 0.2) is 24.3 Å². The van der Waals surface area contributed by atoms with E-state index in [2.05, 4.69) is 26.1 Å². The van der Waals surface area contributed by atoms with E-state index in [-0.39, 0.29) is 17.9 Å². The Morgan fingerprint density at radius 1 is 1.04 bits per heavy atom. The second-order valence-corrected chi connectivity index (χ2v) is 7.71. The maximum absolute atomic E-state index is 12.0. The fourth-order valence-electron chi connectivity index (χ4n) is 1.87. The molecule has 1 rings (SSSR count). The molecule has 1 aromatic carbocycles. The van der Waals surface area contributed by atoms with E-state index in [1.165, 1.54) is 17.5 Å². The zero-order chi connectivity index (χ0) is 17.8. The smallest absolute Gasteiger partial charge is 0.410 e. The lowest BCUT2D eigenvalue weighted by Crippen LogP contribution is -2.38. The van der Waals surface area contributed by atoms with E-state index in [1.54, 1.807) is 20.8 Å². The predicted molar refractivity (Wildman–Crippen MR) is 92.6 cm³/mol. The van der Waals surface area contributed by atoms with Gasteiger partial charge in [0, 0.05) is 12.7 Å². The summed E-state index contributed by atoms with van der Waals surface area (Å²) in [5.41, 5.74) is 1.39. The largest absolute Gasteiger partial charge is 0.444 e. The van der Waals surface area contributed by atoms with E-state index in [9.17, 15) is 9.59 Å². The molecule has 0 atom stereocenters. The summed E-state index contributed by atoms with van der Waals surface area (Å²) in [6.45, 7) is 11.7. The third-order valence-corrected chi connectivity index (χ3v) is 3.12. The van der Waals surface area contributed by atoms with Gasteiger partial charge in [-0.25, -0.2) is 4.79 Å². The molecule has 0 spiro atoms. The summed E-state index contributed by atoms with van der Waals surface area (Å²) in [5, 5.41) is 2.78. The van der Waals surface area contributed by atoms with Crippen molar-refractivity contribution in [2.45, 2.75) is 52.6 Å². The van der Waals surface area contributed by atoms with Crippen molar-refractivity contribution in [2.24, 2.45) is 0 Å². The Kier molecular flexibility index (Phi) is 5.81. The van der Waals surface area contributed by atoms with Gasteiger partial charge in [0.2, 0.25) is 5.91 Å². The summed E-state index contributed by atoms with van der Waals surface area (Å²) in [5.74, 6) is -0.262. The molecule has 0 saturated heterocycles. The zero-order valence-electron chi connectivity index (χ0n) is 15.2. The van der Waals surface area contributed by atoms with Crippen LogP contribution in [0.2, 0.25) is 0 Å². The van der Waals surface area contributed by atoms with Crippen molar-refractivity contribution in [3.63, 3.8) is 0 Å². The lowest BCUT2D eigenvalue weighted by atomic mass is 9.87. The normalized spacial score (nSPS) is 11.8. The number of nitrogens with one attached hydrogen (secondary N) is 1. The number of hydrogen-bond donors (Lipinski definition) is 1. The van der Waals surface area contributed by atoms with Crippen LogP contribution in [0.25, 0.3) is 0 Å². The molecule has 0 aliphatic rings. The van der Waals surface area contributed by atoms with E-state index in [1.807, 2.05) is 24.3 Å². The Morgan fingerprint density at radius 2 is 1.57 bits per heavy atom. The van der Waals surface area contributed by atoms with Crippen molar-refractivity contribution in [2.75, 3.05) is 18.9 Å². The molecule has 128 valence electrons. The lowest BCUT2D eigenvalue weighted by molar-refractivity contribution is -0.117. The minimum Gasteiger partial charge on any atom is -0.444 e. The molecular weight excluding hydrogens is 292 g/mol. The van der Waals surface area contributed by atoms with E-state index in [0.29, 0.717) is 5.69 Å². The highest BCUT2D eigenvalue weighted by Crippen LogP contribution is 2.23. The predicted octanol–water partition coefficient (Wildman–Crippen LogP) is 3.79. The maximum Gasteiger partial charge on any atom is 0.410 e. The molecule has 0 saturated carbocycles. The summed E-state index contributed by atoms with van der Waals surface area (Å²) < 4.78 is 5.21. The van der Waals surface area contributed by atoms with Crippen molar-refractivity contribution >= 4 is 17.7 Å². The van der Waals surface area contributed by atoms with Gasteiger partial charge in [0.1, 0.15) is 12.1 Å². The number of carbonyl (C=O) groups excluding carboxylic acids is 2. The van der Waals surface area contributed by atoms with Crippen molar-refractivity contribution in [3.8, 4) is 0 Å². The van der Waals surface area contributed by atoms with Crippen LogP contribution in [-0.4, -0.2) is 36.1 Å². The van der Waals surface area contributed by atoms with Gasteiger partial charge >= 0.3 is 6.09 Å². The monoisotopic (exact) mass is 320 g/mol. The molecule has 0 aromatic heterocycles. The van der Waals surface area contributed by atoms with Gasteiger partial charge in [-0.15, -0.1) is 0 Å². The molecule has 2 amide bonds. The lowest BCUT2D eigenvalue weighted by Gasteiger charge is -2.24. The topological polar surface area (TPSA) is 58.6 Å². The summed E-state index contributed by atoms with van der Waals surface area (Å²) in [4.78, 5) is 25.1. The van der Waals surface area contributed by atoms with Crippen LogP contribution in [0.1, 0.15) is 47.1 Å². The highest BCUT2D eigenvalue weighted by molar-refractivity contribution is 5.93. The summed E-state index contributed by atoms with van der Waals surface area (Å²) in [7, 11) is 1.54. The minimum atomic E-state index is -0.579. The quantitative estimate of drug-likeness (QED) is 0.922. The number of amides is 2. The van der Waals surface area contributed by atoms with Crippen molar-refractivity contribution < 1.29 is 14.3 Å². The van der Waals surface area contributed by atoms with Gasteiger partial charge in [-0.2, -0.15) is 0 Å². The molecule has 23 heavy (non-hydrogen) atoms. The highest BCUT2D eigenvalue weighted by Gasteiger charge is 2.21. The standard InChI is InChI=1S/C18H28N2O3/c1-17(2,3)13-8-10-14(11-9-13)19-15(21)12-20(7)16(22)23-18(4,5)6/h8-11H,12H2,1-7H3,(H,19,21). The average molecular weight is 320 g/mol. The van der Waals surface area contributed by atoms with Crippen molar-refractivity contribution in [1.82, 2.24) is 4.90 Å². The molecule has 0 aliphatic carbocycles. The number of anilines is 1. The highest BCUT2D eigenvalue weighted by atomic mass is 16.6. The first-order chi connectivity index (χ1) is 10.4.